The highest BCUT2D eigenvalue weighted by Gasteiger charge is 2.18. The van der Waals surface area contributed by atoms with E-state index in [4.69, 9.17) is 0 Å². The molecule has 1 aromatic rings. The van der Waals surface area contributed by atoms with Gasteiger partial charge >= 0.3 is 0 Å². The number of aliphatic imine (C=N–C) groups is 1. The Bertz CT molecular complexity index is 474. The molecule has 1 aliphatic rings. The number of nitrogens with zero attached hydrogens (tertiary/aromatic N) is 2. The van der Waals surface area contributed by atoms with Gasteiger partial charge in [-0.2, -0.15) is 0 Å². The fourth-order valence-corrected chi connectivity index (χ4v) is 3.70. The molecule has 3 N–H and O–H groups in total. The van der Waals surface area contributed by atoms with E-state index in [0.717, 1.165) is 42.0 Å². The first-order chi connectivity index (χ1) is 10.8. The topological polar surface area (TPSA) is 78.4 Å². The molecule has 1 aromatic heterocycles. The van der Waals surface area contributed by atoms with Gasteiger partial charge in [0.2, 0.25) is 5.91 Å². The highest BCUT2D eigenvalue weighted by molar-refractivity contribution is 14.0. The van der Waals surface area contributed by atoms with Crippen molar-refractivity contribution in [1.82, 2.24) is 20.9 Å². The third-order valence-electron chi connectivity index (χ3n) is 3.16. The van der Waals surface area contributed by atoms with Gasteiger partial charge in [-0.15, -0.1) is 35.3 Å². The number of thioether (sulfide) groups is 1. The molecule has 6 nitrogen and oxygen atoms in total. The second kappa shape index (κ2) is 11.9. The standard InChI is InChI=1S/C14H23N5OS2.HI/c1-2-15-13(19-11-4-5-12(20)18-10-11)16-6-3-8-21-14-17-7-9-22-14;/h7,9,11H,2-6,8,10H2,1H3,(H,18,20)(H2,15,16,19);1H. The van der Waals surface area contributed by atoms with E-state index < -0.39 is 0 Å². The van der Waals surface area contributed by atoms with Gasteiger partial charge in [-0.25, -0.2) is 4.98 Å². The summed E-state index contributed by atoms with van der Waals surface area (Å²) in [7, 11) is 0. The Hall–Kier alpha value is -0.550. The van der Waals surface area contributed by atoms with Gasteiger partial charge in [-0.05, 0) is 19.8 Å². The Kier molecular flexibility index (Phi) is 10.6. The molecule has 9 heteroatoms. The van der Waals surface area contributed by atoms with Gasteiger partial charge in [0.1, 0.15) is 4.34 Å². The van der Waals surface area contributed by atoms with Crippen LogP contribution in [0.2, 0.25) is 0 Å². The van der Waals surface area contributed by atoms with E-state index in [2.05, 4.69) is 32.9 Å². The van der Waals surface area contributed by atoms with Crippen molar-refractivity contribution >= 4 is 58.9 Å². The van der Waals surface area contributed by atoms with E-state index in [-0.39, 0.29) is 35.9 Å². The lowest BCUT2D eigenvalue weighted by molar-refractivity contribution is -0.122. The maximum absolute atomic E-state index is 11.2. The Morgan fingerprint density at radius 1 is 1.61 bits per heavy atom. The summed E-state index contributed by atoms with van der Waals surface area (Å²) < 4.78 is 1.12. The first-order valence-electron chi connectivity index (χ1n) is 7.61. The minimum atomic E-state index is 0. The zero-order valence-corrected chi connectivity index (χ0v) is 17.2. The Balaban J connectivity index is 0.00000264. The summed E-state index contributed by atoms with van der Waals surface area (Å²) in [5.74, 6) is 2.00. The third-order valence-corrected chi connectivity index (χ3v) is 5.21. The van der Waals surface area contributed by atoms with Gasteiger partial charge in [0.05, 0.1) is 0 Å². The average Bonchev–Trinajstić information content (AvgIpc) is 3.02. The molecule has 1 amide bonds. The van der Waals surface area contributed by atoms with Crippen molar-refractivity contribution in [3.8, 4) is 0 Å². The fourth-order valence-electron chi connectivity index (χ4n) is 2.07. The number of nitrogens with one attached hydrogen (secondary N) is 3. The van der Waals surface area contributed by atoms with Crippen LogP contribution < -0.4 is 16.0 Å². The monoisotopic (exact) mass is 469 g/mol. The van der Waals surface area contributed by atoms with Crippen molar-refractivity contribution in [2.45, 2.75) is 36.6 Å². The molecule has 2 rings (SSSR count). The summed E-state index contributed by atoms with van der Waals surface area (Å²) in [5.41, 5.74) is 0. The SMILES string of the molecule is CCNC(=NCCCSc1nccs1)NC1CCC(=O)NC1.I. The van der Waals surface area contributed by atoms with Gasteiger partial charge in [0.15, 0.2) is 5.96 Å². The number of guanidine groups is 1. The van der Waals surface area contributed by atoms with E-state index in [0.29, 0.717) is 13.0 Å². The summed E-state index contributed by atoms with van der Waals surface area (Å²) in [6.45, 7) is 4.34. The molecule has 1 unspecified atom stereocenters. The molecule has 2 heterocycles. The van der Waals surface area contributed by atoms with Crippen LogP contribution in [-0.2, 0) is 4.79 Å². The van der Waals surface area contributed by atoms with Crippen LogP contribution in [0.4, 0.5) is 0 Å². The van der Waals surface area contributed by atoms with Crippen molar-refractivity contribution in [1.29, 1.82) is 0 Å². The number of hydrogen-bond acceptors (Lipinski definition) is 5. The largest absolute Gasteiger partial charge is 0.357 e. The first-order valence-corrected chi connectivity index (χ1v) is 9.48. The summed E-state index contributed by atoms with van der Waals surface area (Å²) >= 11 is 3.45. The van der Waals surface area contributed by atoms with Crippen molar-refractivity contribution < 1.29 is 4.79 Å². The van der Waals surface area contributed by atoms with Gasteiger partial charge in [-0.1, -0.05) is 11.8 Å². The molecule has 0 saturated carbocycles. The molecule has 130 valence electrons. The van der Waals surface area contributed by atoms with Gasteiger partial charge < -0.3 is 16.0 Å². The molecule has 1 atom stereocenters. The molecular weight excluding hydrogens is 445 g/mol. The molecule has 1 saturated heterocycles. The van der Waals surface area contributed by atoms with Crippen LogP contribution in [0.1, 0.15) is 26.2 Å². The number of carbonyl (C=O) groups excluding carboxylic acids is 1. The maximum atomic E-state index is 11.2. The van der Waals surface area contributed by atoms with Gasteiger partial charge in [0, 0.05) is 49.4 Å². The zero-order chi connectivity index (χ0) is 15.6. The van der Waals surface area contributed by atoms with Gasteiger partial charge in [0.25, 0.3) is 0 Å². The fraction of sp³-hybridized carbons (Fsp3) is 0.643. The summed E-state index contributed by atoms with van der Waals surface area (Å²) in [6.07, 6.45) is 4.29. The highest BCUT2D eigenvalue weighted by Crippen LogP contribution is 2.20. The normalized spacial score (nSPS) is 18.0. The lowest BCUT2D eigenvalue weighted by Gasteiger charge is -2.25. The minimum absolute atomic E-state index is 0. The molecule has 0 bridgehead atoms. The van der Waals surface area contributed by atoms with Crippen LogP contribution in [0.3, 0.4) is 0 Å². The lowest BCUT2D eigenvalue weighted by atomic mass is 10.1. The number of halogens is 1. The van der Waals surface area contributed by atoms with Crippen LogP contribution in [0.15, 0.2) is 20.9 Å². The highest BCUT2D eigenvalue weighted by atomic mass is 127. The van der Waals surface area contributed by atoms with Crippen LogP contribution in [0, 0.1) is 0 Å². The van der Waals surface area contributed by atoms with Gasteiger partial charge in [-0.3, -0.25) is 9.79 Å². The Morgan fingerprint density at radius 3 is 3.13 bits per heavy atom. The second-order valence-electron chi connectivity index (χ2n) is 4.94. The van der Waals surface area contributed by atoms with Crippen LogP contribution >= 0.6 is 47.1 Å². The Morgan fingerprint density at radius 2 is 2.48 bits per heavy atom. The third kappa shape index (κ3) is 8.20. The molecule has 0 aromatic carbocycles. The number of carbonyl (C=O) groups is 1. The molecule has 0 spiro atoms. The number of amides is 1. The van der Waals surface area contributed by atoms with Crippen LogP contribution in [-0.4, -0.2) is 48.3 Å². The van der Waals surface area contributed by atoms with Crippen LogP contribution in [0.25, 0.3) is 0 Å². The number of piperidine rings is 1. The number of hydrogen-bond donors (Lipinski definition) is 3. The summed E-state index contributed by atoms with van der Waals surface area (Å²) in [5, 5.41) is 11.5. The van der Waals surface area contributed by atoms with E-state index >= 15 is 0 Å². The molecular formula is C14H24IN5OS2. The smallest absolute Gasteiger partial charge is 0.220 e. The molecule has 0 aliphatic carbocycles. The van der Waals surface area contributed by atoms with Crippen molar-refractivity contribution in [2.24, 2.45) is 4.99 Å². The molecule has 0 radical (unpaired) electrons. The summed E-state index contributed by atoms with van der Waals surface area (Å²) in [4.78, 5) is 20.0. The second-order valence-corrected chi connectivity index (χ2v) is 7.18. The predicted octanol–water partition coefficient (Wildman–Crippen LogP) is 2.08. The van der Waals surface area contributed by atoms with E-state index in [1.165, 1.54) is 0 Å². The van der Waals surface area contributed by atoms with E-state index in [9.17, 15) is 4.79 Å². The molecule has 23 heavy (non-hydrogen) atoms. The number of thiazole rings is 1. The van der Waals surface area contributed by atoms with Crippen LogP contribution in [0.5, 0.6) is 0 Å². The minimum Gasteiger partial charge on any atom is -0.357 e. The van der Waals surface area contributed by atoms with Crippen molar-refractivity contribution in [2.75, 3.05) is 25.4 Å². The average molecular weight is 469 g/mol. The zero-order valence-electron chi connectivity index (χ0n) is 13.2. The maximum Gasteiger partial charge on any atom is 0.220 e. The first kappa shape index (κ1) is 20.5. The lowest BCUT2D eigenvalue weighted by Crippen LogP contribution is -2.51. The Labute approximate surface area is 162 Å². The molecule has 1 fully saturated rings. The quantitative estimate of drug-likeness (QED) is 0.187. The van der Waals surface area contributed by atoms with E-state index in [1.54, 1.807) is 23.1 Å². The van der Waals surface area contributed by atoms with E-state index in [1.807, 2.05) is 11.6 Å². The predicted molar refractivity (Wildman–Crippen MR) is 108 cm³/mol. The molecule has 1 aliphatic heterocycles. The van der Waals surface area contributed by atoms with Crippen molar-refractivity contribution in [3.05, 3.63) is 11.6 Å². The summed E-state index contributed by atoms with van der Waals surface area (Å²) in [6, 6.07) is 0.264. The van der Waals surface area contributed by atoms with Crippen molar-refractivity contribution in [3.63, 3.8) is 0 Å². The number of rotatable bonds is 7. The number of aromatic nitrogens is 1.